The van der Waals surface area contributed by atoms with Crippen molar-refractivity contribution < 1.29 is 14.7 Å². The topological polar surface area (TPSA) is 62.5 Å². The van der Waals surface area contributed by atoms with Crippen LogP contribution in [0.2, 0.25) is 0 Å². The summed E-state index contributed by atoms with van der Waals surface area (Å²) in [6.07, 6.45) is 4.99. The molecule has 1 saturated heterocycles. The molecule has 0 aromatic carbocycles. The van der Waals surface area contributed by atoms with Gasteiger partial charge in [-0.1, -0.05) is 13.3 Å². The van der Waals surface area contributed by atoms with Crippen LogP contribution in [-0.2, 0) is 11.3 Å². The fourth-order valence-electron chi connectivity index (χ4n) is 2.71. The number of hydrogen-bond acceptors (Lipinski definition) is 2. The molecule has 1 aliphatic rings. The van der Waals surface area contributed by atoms with E-state index in [2.05, 4.69) is 6.92 Å². The molecule has 0 radical (unpaired) electrons. The van der Waals surface area contributed by atoms with Crippen LogP contribution in [0.1, 0.15) is 36.7 Å². The van der Waals surface area contributed by atoms with Gasteiger partial charge in [0, 0.05) is 19.3 Å². The van der Waals surface area contributed by atoms with Crippen LogP contribution in [-0.4, -0.2) is 39.5 Å². The molecule has 0 saturated carbocycles. The summed E-state index contributed by atoms with van der Waals surface area (Å²) >= 11 is 0. The highest BCUT2D eigenvalue weighted by atomic mass is 16.4. The quantitative estimate of drug-likeness (QED) is 0.882. The molecule has 1 aliphatic heterocycles. The van der Waals surface area contributed by atoms with Crippen LogP contribution in [0, 0.1) is 5.92 Å². The minimum atomic E-state index is -0.935. The summed E-state index contributed by atoms with van der Waals surface area (Å²) in [5.41, 5.74) is 0.472. The van der Waals surface area contributed by atoms with Gasteiger partial charge in [-0.25, -0.2) is 0 Å². The molecular weight excluding hydrogens is 244 g/mol. The third-order valence-corrected chi connectivity index (χ3v) is 3.62. The molecular formula is C14H20N2O3. The number of carboxylic acids is 1. The first-order chi connectivity index (χ1) is 9.11. The Morgan fingerprint density at radius 3 is 2.95 bits per heavy atom. The van der Waals surface area contributed by atoms with Crippen LogP contribution in [0.25, 0.3) is 0 Å². The maximum Gasteiger partial charge on any atom is 0.323 e. The Balaban J connectivity index is 2.04. The van der Waals surface area contributed by atoms with Crippen molar-refractivity contribution in [1.29, 1.82) is 0 Å². The van der Waals surface area contributed by atoms with Crippen LogP contribution in [0.4, 0.5) is 0 Å². The third kappa shape index (κ3) is 3.16. The molecule has 5 heteroatoms. The van der Waals surface area contributed by atoms with E-state index in [1.165, 1.54) is 4.57 Å². The Morgan fingerprint density at radius 2 is 2.26 bits per heavy atom. The first-order valence-electron chi connectivity index (χ1n) is 6.78. The molecule has 5 nitrogen and oxygen atoms in total. The second-order valence-electron chi connectivity index (χ2n) is 5.11. The van der Waals surface area contributed by atoms with Gasteiger partial charge >= 0.3 is 5.97 Å². The molecule has 104 valence electrons. The standard InChI is InChI=1S/C14H20N2O3/c1-2-4-11-6-8-16(9-11)14(19)12-5-3-7-15(12)10-13(17)18/h3,5,7,11H,2,4,6,8-10H2,1H3,(H,17,18). The van der Waals surface area contributed by atoms with E-state index in [-0.39, 0.29) is 12.5 Å². The Morgan fingerprint density at radius 1 is 1.47 bits per heavy atom. The van der Waals surface area contributed by atoms with E-state index in [4.69, 9.17) is 5.11 Å². The van der Waals surface area contributed by atoms with E-state index >= 15 is 0 Å². The van der Waals surface area contributed by atoms with Crippen LogP contribution in [0.3, 0.4) is 0 Å². The van der Waals surface area contributed by atoms with Gasteiger partial charge in [0.15, 0.2) is 0 Å². The van der Waals surface area contributed by atoms with E-state index in [9.17, 15) is 9.59 Å². The smallest absolute Gasteiger partial charge is 0.323 e. The van der Waals surface area contributed by atoms with Gasteiger partial charge in [0.1, 0.15) is 12.2 Å². The van der Waals surface area contributed by atoms with Gasteiger partial charge in [-0.2, -0.15) is 0 Å². The van der Waals surface area contributed by atoms with Crippen molar-refractivity contribution in [3.63, 3.8) is 0 Å². The minimum absolute atomic E-state index is 0.0511. The zero-order valence-electron chi connectivity index (χ0n) is 11.2. The van der Waals surface area contributed by atoms with Crippen LogP contribution in [0.15, 0.2) is 18.3 Å². The predicted octanol–water partition coefficient (Wildman–Crippen LogP) is 1.83. The summed E-state index contributed by atoms with van der Waals surface area (Å²) in [6, 6.07) is 3.41. The average Bonchev–Trinajstić information content (AvgIpc) is 2.97. The summed E-state index contributed by atoms with van der Waals surface area (Å²) in [5.74, 6) is -0.391. The first kappa shape index (κ1) is 13.6. The van der Waals surface area contributed by atoms with Crippen LogP contribution < -0.4 is 0 Å². The average molecular weight is 264 g/mol. The summed E-state index contributed by atoms with van der Waals surface area (Å²) < 4.78 is 1.50. The number of likely N-dealkylation sites (tertiary alicyclic amines) is 1. The molecule has 19 heavy (non-hydrogen) atoms. The number of rotatable bonds is 5. The maximum atomic E-state index is 12.4. The van der Waals surface area contributed by atoms with Gasteiger partial charge in [0.2, 0.25) is 0 Å². The van der Waals surface area contributed by atoms with Crippen LogP contribution in [0.5, 0.6) is 0 Å². The lowest BCUT2D eigenvalue weighted by Gasteiger charge is -2.17. The number of hydrogen-bond donors (Lipinski definition) is 1. The zero-order valence-corrected chi connectivity index (χ0v) is 11.2. The van der Waals surface area contributed by atoms with Crippen molar-refractivity contribution in [3.8, 4) is 0 Å². The Kier molecular flexibility index (Phi) is 4.24. The molecule has 0 aliphatic carbocycles. The molecule has 1 fully saturated rings. The molecule has 1 unspecified atom stereocenters. The molecule has 2 heterocycles. The number of carbonyl (C=O) groups excluding carboxylic acids is 1. The number of carboxylic acid groups (broad SMARTS) is 1. The zero-order chi connectivity index (χ0) is 13.8. The Bertz CT molecular complexity index is 467. The number of aromatic nitrogens is 1. The fourth-order valence-corrected chi connectivity index (χ4v) is 2.71. The minimum Gasteiger partial charge on any atom is -0.480 e. The van der Waals surface area contributed by atoms with Gasteiger partial charge in [-0.15, -0.1) is 0 Å². The first-order valence-corrected chi connectivity index (χ1v) is 6.78. The van der Waals surface area contributed by atoms with Gasteiger partial charge in [0.25, 0.3) is 5.91 Å². The van der Waals surface area contributed by atoms with Crippen molar-refractivity contribution in [2.75, 3.05) is 13.1 Å². The lowest BCUT2D eigenvalue weighted by molar-refractivity contribution is -0.137. The maximum absolute atomic E-state index is 12.4. The molecule has 1 atom stereocenters. The van der Waals surface area contributed by atoms with Crippen LogP contribution >= 0.6 is 0 Å². The van der Waals surface area contributed by atoms with E-state index in [0.29, 0.717) is 11.6 Å². The Labute approximate surface area is 112 Å². The molecule has 0 spiro atoms. The van der Waals surface area contributed by atoms with Crippen molar-refractivity contribution in [2.45, 2.75) is 32.7 Å². The van der Waals surface area contributed by atoms with Crippen molar-refractivity contribution >= 4 is 11.9 Å². The Hall–Kier alpha value is -1.78. The fraction of sp³-hybridized carbons (Fsp3) is 0.571. The van der Waals surface area contributed by atoms with Crippen molar-refractivity contribution in [3.05, 3.63) is 24.0 Å². The highest BCUT2D eigenvalue weighted by molar-refractivity contribution is 5.93. The van der Waals surface area contributed by atoms with E-state index in [1.807, 2.05) is 4.90 Å². The number of aliphatic carboxylic acids is 1. The van der Waals surface area contributed by atoms with E-state index in [0.717, 1.165) is 32.4 Å². The molecule has 1 N–H and O–H groups in total. The second-order valence-corrected chi connectivity index (χ2v) is 5.11. The van der Waals surface area contributed by atoms with Gasteiger partial charge in [-0.05, 0) is 30.9 Å². The highest BCUT2D eigenvalue weighted by Crippen LogP contribution is 2.22. The summed E-state index contributed by atoms with van der Waals surface area (Å²) in [7, 11) is 0. The number of nitrogens with zero attached hydrogens (tertiary/aromatic N) is 2. The second kappa shape index (κ2) is 5.91. The van der Waals surface area contributed by atoms with Crippen molar-refractivity contribution in [1.82, 2.24) is 9.47 Å². The summed E-state index contributed by atoms with van der Waals surface area (Å²) in [4.78, 5) is 25.0. The van der Waals surface area contributed by atoms with E-state index in [1.54, 1.807) is 18.3 Å². The molecule has 2 rings (SSSR count). The van der Waals surface area contributed by atoms with Gasteiger partial charge in [0.05, 0.1) is 0 Å². The SMILES string of the molecule is CCCC1CCN(C(=O)c2cccn2CC(=O)O)C1. The predicted molar refractivity (Wildman–Crippen MR) is 71.0 cm³/mol. The lowest BCUT2D eigenvalue weighted by Crippen LogP contribution is -2.31. The molecule has 1 aromatic rings. The summed E-state index contributed by atoms with van der Waals surface area (Å²) in [6.45, 7) is 3.56. The van der Waals surface area contributed by atoms with Gasteiger partial charge in [-0.3, -0.25) is 9.59 Å². The number of amides is 1. The summed E-state index contributed by atoms with van der Waals surface area (Å²) in [5, 5.41) is 8.82. The monoisotopic (exact) mass is 264 g/mol. The molecule has 1 aromatic heterocycles. The van der Waals surface area contributed by atoms with Gasteiger partial charge < -0.3 is 14.6 Å². The normalized spacial score (nSPS) is 18.8. The lowest BCUT2D eigenvalue weighted by atomic mass is 10.0. The highest BCUT2D eigenvalue weighted by Gasteiger charge is 2.27. The number of carbonyl (C=O) groups is 2. The largest absolute Gasteiger partial charge is 0.480 e. The van der Waals surface area contributed by atoms with Crippen molar-refractivity contribution in [2.24, 2.45) is 5.92 Å². The molecule has 1 amide bonds. The third-order valence-electron chi connectivity index (χ3n) is 3.62. The van der Waals surface area contributed by atoms with E-state index < -0.39 is 5.97 Å². The molecule has 0 bridgehead atoms.